The van der Waals surface area contributed by atoms with Gasteiger partial charge in [0.25, 0.3) is 0 Å². The Morgan fingerprint density at radius 1 is 1.00 bits per heavy atom. The van der Waals surface area contributed by atoms with Crippen LogP contribution < -0.4 is 0 Å². The molecule has 1 saturated heterocycles. The van der Waals surface area contributed by atoms with Gasteiger partial charge in [-0.3, -0.25) is 4.90 Å². The lowest BCUT2D eigenvalue weighted by atomic mass is 10.1. The molecule has 1 heterocycles. The van der Waals surface area contributed by atoms with E-state index in [9.17, 15) is 5.11 Å². The summed E-state index contributed by atoms with van der Waals surface area (Å²) in [5.41, 5.74) is 2.69. The number of rotatable bonds is 2. The maximum Gasteiger partial charge on any atom is 0.0564 e. The van der Waals surface area contributed by atoms with Crippen molar-refractivity contribution in [2.45, 2.75) is 60.1 Å². The van der Waals surface area contributed by atoms with Gasteiger partial charge in [0.2, 0.25) is 0 Å². The molecule has 2 rings (SSSR count). The second-order valence-electron chi connectivity index (χ2n) is 4.49. The summed E-state index contributed by atoms with van der Waals surface area (Å²) in [6, 6.07) is 8.71. The summed E-state index contributed by atoms with van der Waals surface area (Å²) in [4.78, 5) is 2.41. The van der Waals surface area contributed by atoms with Gasteiger partial charge in [0.1, 0.15) is 0 Å². The van der Waals surface area contributed by atoms with E-state index in [1.54, 1.807) is 0 Å². The van der Waals surface area contributed by atoms with Crippen LogP contribution in [0, 0.1) is 6.92 Å². The molecule has 1 aromatic carbocycles. The third-order valence-corrected chi connectivity index (χ3v) is 3.08. The minimum atomic E-state index is -0.0701. The van der Waals surface area contributed by atoms with Gasteiger partial charge in [0.15, 0.2) is 0 Å². The molecule has 2 nitrogen and oxygen atoms in total. The normalized spacial score (nSPS) is 15.9. The number of nitrogens with zero attached hydrogens (tertiary/aromatic N) is 1. The first-order valence-corrected chi connectivity index (χ1v) is 7.70. The molecule has 1 aromatic rings. The van der Waals surface area contributed by atoms with Gasteiger partial charge < -0.3 is 5.11 Å². The molecule has 110 valence electrons. The van der Waals surface area contributed by atoms with Crippen molar-refractivity contribution < 1.29 is 5.11 Å². The van der Waals surface area contributed by atoms with E-state index in [0.29, 0.717) is 0 Å². The van der Waals surface area contributed by atoms with Crippen molar-refractivity contribution in [2.24, 2.45) is 0 Å². The molecule has 0 bridgehead atoms. The van der Waals surface area contributed by atoms with Crippen LogP contribution in [-0.4, -0.2) is 29.2 Å². The molecule has 0 aromatic heterocycles. The topological polar surface area (TPSA) is 23.5 Å². The molecule has 0 spiro atoms. The Hall–Kier alpha value is -0.860. The van der Waals surface area contributed by atoms with Gasteiger partial charge in [-0.05, 0) is 25.3 Å². The zero-order chi connectivity index (χ0) is 14.7. The van der Waals surface area contributed by atoms with Crippen molar-refractivity contribution in [3.63, 3.8) is 0 Å². The third-order valence-electron chi connectivity index (χ3n) is 3.08. The van der Waals surface area contributed by atoms with E-state index < -0.39 is 0 Å². The van der Waals surface area contributed by atoms with Crippen LogP contribution >= 0.6 is 0 Å². The molecular formula is C17H31NO. The van der Waals surface area contributed by atoms with Gasteiger partial charge in [-0.1, -0.05) is 57.5 Å². The highest BCUT2D eigenvalue weighted by Gasteiger charge is 2.16. The van der Waals surface area contributed by atoms with Gasteiger partial charge in [0, 0.05) is 19.6 Å². The lowest BCUT2D eigenvalue weighted by molar-refractivity contribution is 0.0792. The molecule has 0 amide bonds. The summed E-state index contributed by atoms with van der Waals surface area (Å²) in [5.74, 6) is 0. The minimum Gasteiger partial charge on any atom is -0.393 e. The summed E-state index contributed by atoms with van der Waals surface area (Å²) < 4.78 is 0. The molecule has 1 N–H and O–H groups in total. The Kier molecular flexibility index (Phi) is 10.5. The fourth-order valence-electron chi connectivity index (χ4n) is 2.03. The zero-order valence-electron chi connectivity index (χ0n) is 13.3. The highest BCUT2D eigenvalue weighted by atomic mass is 16.3. The quantitative estimate of drug-likeness (QED) is 0.873. The fourth-order valence-corrected chi connectivity index (χ4v) is 2.03. The molecule has 0 unspecified atom stereocenters. The summed E-state index contributed by atoms with van der Waals surface area (Å²) in [6.45, 7) is 13.2. The molecule has 2 heteroatoms. The maximum absolute atomic E-state index is 9.40. The number of piperidine rings is 1. The number of aliphatic hydroxyl groups excluding tert-OH is 1. The molecule has 1 aliphatic rings. The fraction of sp³-hybridized carbons (Fsp3) is 0.647. The predicted molar refractivity (Wildman–Crippen MR) is 84.4 cm³/mol. The van der Waals surface area contributed by atoms with Crippen molar-refractivity contribution in [1.82, 2.24) is 4.90 Å². The predicted octanol–water partition coefficient (Wildman–Crippen LogP) is 4.00. The Morgan fingerprint density at radius 3 is 1.95 bits per heavy atom. The van der Waals surface area contributed by atoms with E-state index in [2.05, 4.69) is 36.1 Å². The maximum atomic E-state index is 9.40. The van der Waals surface area contributed by atoms with E-state index in [1.807, 2.05) is 27.7 Å². The highest BCUT2D eigenvalue weighted by molar-refractivity contribution is 5.21. The summed E-state index contributed by atoms with van der Waals surface area (Å²) in [6.07, 6.45) is 1.77. The summed E-state index contributed by atoms with van der Waals surface area (Å²) >= 11 is 0. The number of aryl methyl sites for hydroxylation is 1. The van der Waals surface area contributed by atoms with Crippen LogP contribution in [0.2, 0.25) is 0 Å². The zero-order valence-corrected chi connectivity index (χ0v) is 13.3. The molecule has 19 heavy (non-hydrogen) atoms. The molecule has 1 fully saturated rings. The molecular weight excluding hydrogens is 234 g/mol. The number of benzene rings is 1. The molecule has 0 saturated carbocycles. The number of hydrogen-bond donors (Lipinski definition) is 1. The van der Waals surface area contributed by atoms with E-state index in [-0.39, 0.29) is 6.10 Å². The Bertz CT molecular complexity index is 300. The van der Waals surface area contributed by atoms with Crippen molar-refractivity contribution in [3.05, 3.63) is 35.4 Å². The Morgan fingerprint density at radius 2 is 1.47 bits per heavy atom. The van der Waals surface area contributed by atoms with Crippen molar-refractivity contribution in [2.75, 3.05) is 13.1 Å². The standard InChI is InChI=1S/C13H19NO.2C2H6/c1-11-2-4-12(5-3-11)10-14-8-6-13(15)7-9-14;2*1-2/h2-5,13,15H,6-10H2,1H3;2*1-2H3. The average molecular weight is 265 g/mol. The first kappa shape index (κ1) is 18.1. The van der Waals surface area contributed by atoms with Gasteiger partial charge in [-0.25, -0.2) is 0 Å². The van der Waals surface area contributed by atoms with Gasteiger partial charge >= 0.3 is 0 Å². The smallest absolute Gasteiger partial charge is 0.0564 e. The van der Waals surface area contributed by atoms with Crippen molar-refractivity contribution in [3.8, 4) is 0 Å². The first-order chi connectivity index (χ1) is 9.24. The van der Waals surface area contributed by atoms with Gasteiger partial charge in [0.05, 0.1) is 6.10 Å². The van der Waals surface area contributed by atoms with E-state index in [4.69, 9.17) is 0 Å². The minimum absolute atomic E-state index is 0.0701. The van der Waals surface area contributed by atoms with Gasteiger partial charge in [-0.2, -0.15) is 0 Å². The van der Waals surface area contributed by atoms with Crippen molar-refractivity contribution >= 4 is 0 Å². The first-order valence-electron chi connectivity index (χ1n) is 7.70. The summed E-state index contributed by atoms with van der Waals surface area (Å²) in [7, 11) is 0. The number of aliphatic hydroxyl groups is 1. The van der Waals surface area contributed by atoms with Crippen LogP contribution in [-0.2, 0) is 6.54 Å². The van der Waals surface area contributed by atoms with Crippen LogP contribution in [0.4, 0.5) is 0 Å². The SMILES string of the molecule is CC.CC.Cc1ccc(CN2CCC(O)CC2)cc1. The van der Waals surface area contributed by atoms with E-state index in [1.165, 1.54) is 11.1 Å². The number of likely N-dealkylation sites (tertiary alicyclic amines) is 1. The van der Waals surface area contributed by atoms with Crippen LogP contribution in [0.25, 0.3) is 0 Å². The summed E-state index contributed by atoms with van der Waals surface area (Å²) in [5, 5.41) is 9.40. The van der Waals surface area contributed by atoms with Crippen LogP contribution in [0.15, 0.2) is 24.3 Å². The monoisotopic (exact) mass is 265 g/mol. The Labute approximate surface area is 119 Å². The Balaban J connectivity index is 0.000000741. The average Bonchev–Trinajstić information content (AvgIpc) is 2.48. The third kappa shape index (κ3) is 7.34. The lowest BCUT2D eigenvalue weighted by Gasteiger charge is -2.29. The number of hydrogen-bond acceptors (Lipinski definition) is 2. The lowest BCUT2D eigenvalue weighted by Crippen LogP contribution is -2.35. The van der Waals surface area contributed by atoms with Crippen molar-refractivity contribution in [1.29, 1.82) is 0 Å². The van der Waals surface area contributed by atoms with Crippen LogP contribution in [0.1, 0.15) is 51.7 Å². The van der Waals surface area contributed by atoms with E-state index >= 15 is 0 Å². The molecule has 0 radical (unpaired) electrons. The highest BCUT2D eigenvalue weighted by Crippen LogP contribution is 2.13. The second-order valence-corrected chi connectivity index (χ2v) is 4.49. The van der Waals surface area contributed by atoms with E-state index in [0.717, 1.165) is 32.5 Å². The molecule has 1 aliphatic heterocycles. The molecule has 0 atom stereocenters. The van der Waals surface area contributed by atoms with Crippen LogP contribution in [0.5, 0.6) is 0 Å². The van der Waals surface area contributed by atoms with Crippen LogP contribution in [0.3, 0.4) is 0 Å². The molecule has 0 aliphatic carbocycles. The largest absolute Gasteiger partial charge is 0.393 e. The second kappa shape index (κ2) is 11.0. The van der Waals surface area contributed by atoms with Gasteiger partial charge in [-0.15, -0.1) is 0 Å².